The fraction of sp³-hybridized carbons (Fsp3) is 0.467. The van der Waals surface area contributed by atoms with E-state index >= 15 is 0 Å². The van der Waals surface area contributed by atoms with Crippen LogP contribution in [0, 0.1) is 6.92 Å². The lowest BCUT2D eigenvalue weighted by molar-refractivity contribution is -0.124. The van der Waals surface area contributed by atoms with Crippen LogP contribution in [0.2, 0.25) is 0 Å². The fourth-order valence-electron chi connectivity index (χ4n) is 2.48. The van der Waals surface area contributed by atoms with Crippen LogP contribution in [0.4, 0.5) is 0 Å². The number of aryl methyl sites for hydroxylation is 1. The minimum Gasteiger partial charge on any atom is -0.358 e. The number of Topliss-reactive ketones (excluding diaryl/α,β-unsaturated/α-hetero) is 1. The third kappa shape index (κ3) is 6.24. The van der Waals surface area contributed by atoms with Gasteiger partial charge in [-0.25, -0.2) is 0 Å². The van der Waals surface area contributed by atoms with Crippen LogP contribution < -0.4 is 15.8 Å². The van der Waals surface area contributed by atoms with Crippen LogP contribution in [-0.4, -0.2) is 46.8 Å². The smallest absolute Gasteiger partial charge is 0.238 e. The molecule has 3 atom stereocenters. The van der Waals surface area contributed by atoms with E-state index in [1.807, 2.05) is 53.8 Å². The molecule has 8 heteroatoms. The van der Waals surface area contributed by atoms with Crippen molar-refractivity contribution in [3.63, 3.8) is 0 Å². The van der Waals surface area contributed by atoms with E-state index in [9.17, 15) is 9.59 Å². The zero-order valence-corrected chi connectivity index (χ0v) is 14.8. The van der Waals surface area contributed by atoms with Crippen molar-refractivity contribution in [3.8, 4) is 0 Å². The highest BCUT2D eigenvalue weighted by molar-refractivity contribution is 6.87. The second-order valence-corrected chi connectivity index (χ2v) is 5.99. The van der Waals surface area contributed by atoms with Crippen LogP contribution in [0.25, 0.3) is 0 Å². The van der Waals surface area contributed by atoms with Gasteiger partial charge in [0.25, 0.3) is 0 Å². The Labute approximate surface area is 141 Å². The van der Waals surface area contributed by atoms with E-state index in [-0.39, 0.29) is 29.8 Å². The number of carbonyl (C=O) groups excluding carboxylic acids is 2. The van der Waals surface area contributed by atoms with Gasteiger partial charge in [-0.15, -0.1) is 0 Å². The molecule has 0 saturated carbocycles. The summed E-state index contributed by atoms with van der Waals surface area (Å²) in [4.78, 5) is 24.2. The molecule has 0 aliphatic rings. The quantitative estimate of drug-likeness (QED) is 0.486. The van der Waals surface area contributed by atoms with Gasteiger partial charge in [-0.05, 0) is 26.3 Å². The van der Waals surface area contributed by atoms with Crippen molar-refractivity contribution in [2.75, 3.05) is 0 Å². The number of carbonyl (C=O) groups is 2. The topological polar surface area (TPSA) is 70.2 Å². The molecule has 0 fully saturated rings. The molecule has 0 aliphatic carbocycles. The monoisotopic (exact) mass is 313 g/mol. The first-order valence-electron chi connectivity index (χ1n) is 8.16. The van der Waals surface area contributed by atoms with Crippen LogP contribution in [0.3, 0.4) is 0 Å². The summed E-state index contributed by atoms with van der Waals surface area (Å²) in [5.41, 5.74) is 2.10. The minimum absolute atomic E-state index is 0.00838. The molecule has 1 aromatic carbocycles. The van der Waals surface area contributed by atoms with Gasteiger partial charge < -0.3 is 15.8 Å². The second-order valence-electron chi connectivity index (χ2n) is 5.99. The van der Waals surface area contributed by atoms with Crippen LogP contribution >= 0.6 is 0 Å². The Morgan fingerprint density at radius 1 is 1.26 bits per heavy atom. The van der Waals surface area contributed by atoms with Crippen molar-refractivity contribution in [2.24, 2.45) is 0 Å². The van der Waals surface area contributed by atoms with Gasteiger partial charge in [0.05, 0.1) is 19.8 Å². The predicted octanol–water partition coefficient (Wildman–Crippen LogP) is -1.48. The Balaban J connectivity index is 2.92. The molecule has 0 spiro atoms. The lowest BCUT2D eigenvalue weighted by atomic mass is 9.66. The molecule has 0 radical (unpaired) electrons. The summed E-state index contributed by atoms with van der Waals surface area (Å²) in [7, 11) is 4.50. The van der Waals surface area contributed by atoms with Crippen molar-refractivity contribution in [1.82, 2.24) is 15.8 Å². The first kappa shape index (κ1) is 19.5. The maximum Gasteiger partial charge on any atom is 0.238 e. The van der Waals surface area contributed by atoms with Crippen LogP contribution in [0.5, 0.6) is 0 Å². The largest absolute Gasteiger partial charge is 0.358 e. The van der Waals surface area contributed by atoms with Crippen LogP contribution in [0.15, 0.2) is 24.3 Å². The van der Waals surface area contributed by atoms with Crippen molar-refractivity contribution >= 4 is 34.7 Å². The number of hydrogen-bond donors (Lipinski definition) is 3. The maximum absolute atomic E-state index is 12.6. The first-order chi connectivity index (χ1) is 10.9. The van der Waals surface area contributed by atoms with E-state index < -0.39 is 0 Å². The Morgan fingerprint density at radius 2 is 1.87 bits per heavy atom. The van der Waals surface area contributed by atoms with Crippen LogP contribution in [-0.2, 0) is 9.59 Å². The third-order valence-corrected chi connectivity index (χ3v) is 3.95. The van der Waals surface area contributed by atoms with E-state index in [4.69, 9.17) is 0 Å². The molecule has 1 rings (SSSR count). The summed E-state index contributed by atoms with van der Waals surface area (Å²) in [5, 5.41) is 9.32. The Morgan fingerprint density at radius 3 is 2.35 bits per heavy atom. The van der Waals surface area contributed by atoms with E-state index in [1.165, 1.54) is 0 Å². The zero-order chi connectivity index (χ0) is 17.4. The molecule has 3 N–H and O–H groups in total. The summed E-state index contributed by atoms with van der Waals surface area (Å²) in [5.74, 6) is -0.0435. The highest BCUT2D eigenvalue weighted by atomic mass is 16.2. The molecule has 0 aromatic heterocycles. The Bertz CT molecular complexity index is 525. The molecule has 1 amide bonds. The van der Waals surface area contributed by atoms with Gasteiger partial charge in [0, 0.05) is 12.5 Å². The van der Waals surface area contributed by atoms with E-state index in [2.05, 4.69) is 15.8 Å². The molecule has 0 saturated heterocycles. The van der Waals surface area contributed by atoms with Crippen molar-refractivity contribution < 1.29 is 9.59 Å². The van der Waals surface area contributed by atoms with E-state index in [1.54, 1.807) is 6.92 Å². The Kier molecular flexibility index (Phi) is 8.13. The van der Waals surface area contributed by atoms with Gasteiger partial charge in [-0.2, -0.15) is 0 Å². The van der Waals surface area contributed by atoms with Gasteiger partial charge in [0.1, 0.15) is 5.78 Å². The van der Waals surface area contributed by atoms with Crippen LogP contribution in [0.1, 0.15) is 37.4 Å². The lowest BCUT2D eigenvalue weighted by Crippen LogP contribution is -2.56. The summed E-state index contributed by atoms with van der Waals surface area (Å²) in [6, 6.07) is 7.26. The van der Waals surface area contributed by atoms with Gasteiger partial charge >= 0.3 is 0 Å². The molecule has 0 heterocycles. The molecule has 0 unspecified atom stereocenters. The average molecular weight is 313 g/mol. The van der Waals surface area contributed by atoms with E-state index in [0.717, 1.165) is 11.1 Å². The summed E-state index contributed by atoms with van der Waals surface area (Å²) in [6.45, 7) is 5.52. The lowest BCUT2D eigenvalue weighted by Gasteiger charge is -2.27. The zero-order valence-electron chi connectivity index (χ0n) is 14.8. The highest BCUT2D eigenvalue weighted by Gasteiger charge is 2.25. The predicted molar refractivity (Wildman–Crippen MR) is 101 cm³/mol. The molecule has 122 valence electrons. The minimum atomic E-state index is -0.343. The summed E-state index contributed by atoms with van der Waals surface area (Å²) in [6.07, 6.45) is 0.293. The molecule has 0 aliphatic heterocycles. The third-order valence-electron chi connectivity index (χ3n) is 3.95. The standard InChI is InChI=1S/C15H26B3N3O2/c1-9-4-6-12(7-5-9)13(8-10(2)22)19-15(23)14(21-18-16)11(3)20-17/h4-7,11,13-14,18,20-21H,8,16-17H2,1-3H3,(H,19,23)/t11-,13-,14-/m0/s1. The second kappa shape index (κ2) is 9.58. The molecule has 5 nitrogen and oxygen atoms in total. The maximum atomic E-state index is 12.6. The molecule has 0 bridgehead atoms. The fourth-order valence-corrected chi connectivity index (χ4v) is 2.48. The molecule has 23 heavy (non-hydrogen) atoms. The van der Waals surface area contributed by atoms with E-state index in [0.29, 0.717) is 13.7 Å². The van der Waals surface area contributed by atoms with Crippen molar-refractivity contribution in [1.29, 1.82) is 0 Å². The van der Waals surface area contributed by atoms with Gasteiger partial charge in [0.2, 0.25) is 5.91 Å². The first-order valence-corrected chi connectivity index (χ1v) is 8.16. The number of amides is 1. The van der Waals surface area contributed by atoms with Crippen molar-refractivity contribution in [2.45, 2.75) is 45.3 Å². The Hall–Kier alpha value is -1.53. The molecular weight excluding hydrogens is 287 g/mol. The molecule has 1 aromatic rings. The van der Waals surface area contributed by atoms with Crippen molar-refractivity contribution in [3.05, 3.63) is 35.4 Å². The molecular formula is C15H26B3N3O2. The summed E-state index contributed by atoms with van der Waals surface area (Å²) >= 11 is 0. The average Bonchev–Trinajstić information content (AvgIpc) is 2.51. The number of nitrogens with one attached hydrogen (secondary N) is 3. The highest BCUT2D eigenvalue weighted by Crippen LogP contribution is 2.18. The number of benzene rings is 1. The van der Waals surface area contributed by atoms with Gasteiger partial charge in [-0.1, -0.05) is 29.8 Å². The summed E-state index contributed by atoms with van der Waals surface area (Å²) < 4.78 is 0. The number of rotatable bonds is 9. The van der Waals surface area contributed by atoms with Gasteiger partial charge in [-0.3, -0.25) is 9.59 Å². The SMILES string of the molecule is BBN[C@H](C(=O)N[C@@H](CC(C)=O)c1ccc(C)cc1)[C@H](C)NB. The normalized spacial score (nSPS) is 14.6. The number of hydrogen-bond acceptors (Lipinski definition) is 4. The number of ketones is 1. The van der Waals surface area contributed by atoms with Gasteiger partial charge in [0.15, 0.2) is 15.3 Å².